The fourth-order valence-electron chi connectivity index (χ4n) is 5.96. The summed E-state index contributed by atoms with van der Waals surface area (Å²) in [5, 5.41) is 7.24. The number of hydrogen-bond acceptors (Lipinski definition) is 2. The topological polar surface area (TPSA) is 16.4 Å². The van der Waals surface area contributed by atoms with Crippen LogP contribution in [0.4, 0.5) is 17.1 Å². The molecule has 0 spiro atoms. The molecular weight excluding hydrogens is 486 g/mol. The van der Waals surface area contributed by atoms with Crippen molar-refractivity contribution in [1.29, 1.82) is 0 Å². The first kappa shape index (κ1) is 22.6. The molecule has 7 aromatic carbocycles. The number of para-hydroxylation sites is 2. The molecule has 1 aromatic heterocycles. The molecule has 188 valence electrons. The van der Waals surface area contributed by atoms with E-state index in [0.29, 0.717) is 0 Å². The molecule has 8 aromatic rings. The first-order valence-electron chi connectivity index (χ1n) is 13.6. The Hall–Kier alpha value is -5.34. The van der Waals surface area contributed by atoms with Crippen LogP contribution in [-0.4, -0.2) is 0 Å². The molecule has 0 atom stereocenters. The lowest BCUT2D eigenvalue weighted by atomic mass is 9.95. The summed E-state index contributed by atoms with van der Waals surface area (Å²) in [5.74, 6) is 0. The zero-order chi connectivity index (χ0) is 26.5. The maximum atomic E-state index is 6.33. The van der Waals surface area contributed by atoms with E-state index in [-0.39, 0.29) is 0 Å². The van der Waals surface area contributed by atoms with Crippen molar-refractivity contribution in [3.8, 4) is 11.1 Å². The molecule has 2 heteroatoms. The van der Waals surface area contributed by atoms with E-state index in [4.69, 9.17) is 4.42 Å². The smallest absolute Gasteiger partial charge is 0.136 e. The molecule has 40 heavy (non-hydrogen) atoms. The molecule has 0 bridgehead atoms. The lowest BCUT2D eigenvalue weighted by Gasteiger charge is -2.26. The third kappa shape index (κ3) is 3.65. The Balaban J connectivity index is 1.28. The summed E-state index contributed by atoms with van der Waals surface area (Å²) in [7, 11) is 0. The fraction of sp³-hybridized carbons (Fsp3) is 0. The summed E-state index contributed by atoms with van der Waals surface area (Å²) in [6.07, 6.45) is 0. The van der Waals surface area contributed by atoms with Crippen molar-refractivity contribution < 1.29 is 4.42 Å². The molecule has 0 N–H and O–H groups in total. The van der Waals surface area contributed by atoms with Crippen LogP contribution in [0.5, 0.6) is 0 Å². The normalized spacial score (nSPS) is 11.5. The second-order valence-corrected chi connectivity index (χ2v) is 10.2. The molecule has 0 saturated heterocycles. The average molecular weight is 512 g/mol. The van der Waals surface area contributed by atoms with Crippen LogP contribution in [0.2, 0.25) is 0 Å². The van der Waals surface area contributed by atoms with E-state index in [9.17, 15) is 0 Å². The van der Waals surface area contributed by atoms with Crippen LogP contribution in [0.25, 0.3) is 54.6 Å². The van der Waals surface area contributed by atoms with Crippen molar-refractivity contribution in [2.45, 2.75) is 0 Å². The van der Waals surface area contributed by atoms with E-state index < -0.39 is 0 Å². The first-order valence-corrected chi connectivity index (χ1v) is 13.6. The van der Waals surface area contributed by atoms with E-state index in [0.717, 1.165) is 39.2 Å². The molecule has 0 aliphatic rings. The number of rotatable bonds is 4. The highest BCUT2D eigenvalue weighted by molar-refractivity contribution is 6.22. The predicted octanol–water partition coefficient (Wildman–Crippen LogP) is 11.0. The third-order valence-corrected chi connectivity index (χ3v) is 7.83. The van der Waals surface area contributed by atoms with Gasteiger partial charge in [-0.2, -0.15) is 0 Å². The fourth-order valence-corrected chi connectivity index (χ4v) is 5.96. The van der Waals surface area contributed by atoms with E-state index in [2.05, 4.69) is 144 Å². The Morgan fingerprint density at radius 1 is 0.400 bits per heavy atom. The number of hydrogen-bond donors (Lipinski definition) is 0. The molecule has 8 rings (SSSR count). The molecule has 0 aliphatic carbocycles. The van der Waals surface area contributed by atoms with Gasteiger partial charge in [-0.3, -0.25) is 0 Å². The van der Waals surface area contributed by atoms with Gasteiger partial charge >= 0.3 is 0 Å². The van der Waals surface area contributed by atoms with Crippen molar-refractivity contribution in [3.63, 3.8) is 0 Å². The van der Waals surface area contributed by atoms with Crippen molar-refractivity contribution in [2.24, 2.45) is 0 Å². The van der Waals surface area contributed by atoms with Crippen LogP contribution in [0.3, 0.4) is 0 Å². The summed E-state index contributed by atoms with van der Waals surface area (Å²) < 4.78 is 6.33. The SMILES string of the molecule is c1ccc(N(c2ccc(-c3cc4oc5ccccc5c4c4ccccc34)cc2)c2ccc3ccccc3c2)cc1. The highest BCUT2D eigenvalue weighted by atomic mass is 16.3. The summed E-state index contributed by atoms with van der Waals surface area (Å²) in [6, 6.07) is 53.7. The van der Waals surface area contributed by atoms with Gasteiger partial charge in [-0.15, -0.1) is 0 Å². The Bertz CT molecular complexity index is 2160. The molecule has 2 nitrogen and oxygen atoms in total. The minimum atomic E-state index is 0.918. The number of nitrogens with zero attached hydrogens (tertiary/aromatic N) is 1. The van der Waals surface area contributed by atoms with Crippen molar-refractivity contribution in [2.75, 3.05) is 4.90 Å². The average Bonchev–Trinajstić information content (AvgIpc) is 3.40. The van der Waals surface area contributed by atoms with Gasteiger partial charge in [0.05, 0.1) is 0 Å². The van der Waals surface area contributed by atoms with Crippen molar-refractivity contribution in [3.05, 3.63) is 152 Å². The number of furan rings is 1. The van der Waals surface area contributed by atoms with E-state index in [1.807, 2.05) is 12.1 Å². The predicted molar refractivity (Wildman–Crippen MR) is 169 cm³/mol. The van der Waals surface area contributed by atoms with Gasteiger partial charge in [-0.25, -0.2) is 0 Å². The second-order valence-electron chi connectivity index (χ2n) is 10.2. The van der Waals surface area contributed by atoms with Gasteiger partial charge in [-0.05, 0) is 81.2 Å². The van der Waals surface area contributed by atoms with Gasteiger partial charge in [0.25, 0.3) is 0 Å². The van der Waals surface area contributed by atoms with Crippen molar-refractivity contribution >= 4 is 60.5 Å². The largest absolute Gasteiger partial charge is 0.456 e. The molecule has 0 saturated carbocycles. The molecule has 1 heterocycles. The van der Waals surface area contributed by atoms with E-state index in [1.54, 1.807) is 0 Å². The van der Waals surface area contributed by atoms with E-state index in [1.165, 1.54) is 32.5 Å². The highest BCUT2D eigenvalue weighted by Gasteiger charge is 2.16. The summed E-state index contributed by atoms with van der Waals surface area (Å²) in [4.78, 5) is 2.32. The third-order valence-electron chi connectivity index (χ3n) is 7.83. The van der Waals surface area contributed by atoms with Crippen LogP contribution < -0.4 is 4.90 Å². The van der Waals surface area contributed by atoms with Gasteiger partial charge in [0.2, 0.25) is 0 Å². The minimum Gasteiger partial charge on any atom is -0.456 e. The first-order chi connectivity index (χ1) is 19.8. The summed E-state index contributed by atoms with van der Waals surface area (Å²) in [5.41, 5.74) is 7.54. The van der Waals surface area contributed by atoms with Gasteiger partial charge < -0.3 is 9.32 Å². The van der Waals surface area contributed by atoms with Gasteiger partial charge in [0.1, 0.15) is 11.2 Å². The standard InChI is InChI=1S/C38H25NO/c1-2-12-29(13-3-1)39(31-23-18-26-10-4-5-11-28(26)24-31)30-21-19-27(20-22-30)35-25-37-38(33-15-7-6-14-32(33)35)34-16-8-9-17-36(34)40-37/h1-25H. The molecular formula is C38H25NO. The van der Waals surface area contributed by atoms with Gasteiger partial charge in [-0.1, -0.05) is 103 Å². The monoisotopic (exact) mass is 511 g/mol. The van der Waals surface area contributed by atoms with Crippen LogP contribution in [0.1, 0.15) is 0 Å². The maximum Gasteiger partial charge on any atom is 0.136 e. The molecule has 0 unspecified atom stereocenters. The lowest BCUT2D eigenvalue weighted by Crippen LogP contribution is -2.09. The maximum absolute atomic E-state index is 6.33. The number of anilines is 3. The Kier molecular flexibility index (Phi) is 5.17. The lowest BCUT2D eigenvalue weighted by molar-refractivity contribution is 0.669. The van der Waals surface area contributed by atoms with Crippen LogP contribution in [-0.2, 0) is 0 Å². The summed E-state index contributed by atoms with van der Waals surface area (Å²) in [6.45, 7) is 0. The highest BCUT2D eigenvalue weighted by Crippen LogP contribution is 2.41. The second kappa shape index (κ2) is 9.14. The zero-order valence-corrected chi connectivity index (χ0v) is 21.8. The molecule has 0 amide bonds. The van der Waals surface area contributed by atoms with Crippen LogP contribution >= 0.6 is 0 Å². The number of fused-ring (bicyclic) bond motifs is 6. The van der Waals surface area contributed by atoms with Gasteiger partial charge in [0, 0.05) is 27.8 Å². The zero-order valence-electron chi connectivity index (χ0n) is 21.8. The Labute approximate surface area is 232 Å². The summed E-state index contributed by atoms with van der Waals surface area (Å²) >= 11 is 0. The van der Waals surface area contributed by atoms with Crippen molar-refractivity contribution in [1.82, 2.24) is 0 Å². The molecule has 0 aliphatic heterocycles. The quantitative estimate of drug-likeness (QED) is 0.234. The van der Waals surface area contributed by atoms with Gasteiger partial charge in [0.15, 0.2) is 0 Å². The number of benzene rings is 7. The molecule has 0 radical (unpaired) electrons. The molecule has 0 fully saturated rings. The Morgan fingerprint density at radius 2 is 1.02 bits per heavy atom. The Morgan fingerprint density at radius 3 is 1.85 bits per heavy atom. The van der Waals surface area contributed by atoms with Crippen LogP contribution in [0.15, 0.2) is 156 Å². The van der Waals surface area contributed by atoms with Crippen LogP contribution in [0, 0.1) is 0 Å². The van der Waals surface area contributed by atoms with E-state index >= 15 is 0 Å². The minimum absolute atomic E-state index is 0.918.